The second kappa shape index (κ2) is 7.32. The lowest BCUT2D eigenvalue weighted by atomic mass is 9.90. The second-order valence-corrected chi connectivity index (χ2v) is 5.96. The number of aliphatic hydroxyl groups excluding tert-OH is 1. The molecule has 0 bridgehead atoms. The van der Waals surface area contributed by atoms with Gasteiger partial charge in [-0.1, -0.05) is 0 Å². The summed E-state index contributed by atoms with van der Waals surface area (Å²) < 4.78 is 78.2. The number of halogens is 7. The van der Waals surface area contributed by atoms with Crippen LogP contribution in [-0.4, -0.2) is 26.9 Å². The minimum atomic E-state index is -4.93. The van der Waals surface area contributed by atoms with Crippen molar-refractivity contribution in [2.75, 3.05) is 6.61 Å². The van der Waals surface area contributed by atoms with E-state index in [2.05, 4.69) is 31.1 Å². The van der Waals surface area contributed by atoms with Gasteiger partial charge in [-0.2, -0.15) is 26.3 Å². The number of aliphatic hydroxyl groups is 1. The van der Waals surface area contributed by atoms with Gasteiger partial charge in [-0.05, 0) is 52.5 Å². The van der Waals surface area contributed by atoms with Crippen molar-refractivity contribution in [3.8, 4) is 0 Å². The molecular formula is C14H12BrF6N3O. The quantitative estimate of drug-likeness (QED) is 0.684. The van der Waals surface area contributed by atoms with Crippen molar-refractivity contribution < 1.29 is 31.4 Å². The first-order valence-corrected chi connectivity index (χ1v) is 7.79. The lowest BCUT2D eigenvalue weighted by Gasteiger charge is -2.19. The molecule has 0 saturated carbocycles. The molecular weight excluding hydrogens is 420 g/mol. The number of hydrogen-bond donors (Lipinski definition) is 2. The lowest BCUT2D eigenvalue weighted by Crippen LogP contribution is -2.14. The summed E-state index contributed by atoms with van der Waals surface area (Å²) in [6.45, 7) is -0.267. The van der Waals surface area contributed by atoms with Crippen LogP contribution < -0.4 is 0 Å². The van der Waals surface area contributed by atoms with Gasteiger partial charge >= 0.3 is 12.4 Å². The molecule has 1 heterocycles. The van der Waals surface area contributed by atoms with Crippen molar-refractivity contribution >= 4 is 15.9 Å². The highest BCUT2D eigenvalue weighted by atomic mass is 79.9. The summed E-state index contributed by atoms with van der Waals surface area (Å²) in [5.74, 6) is -0.804. The first kappa shape index (κ1) is 19.7. The topological polar surface area (TPSA) is 61.8 Å². The van der Waals surface area contributed by atoms with Gasteiger partial charge in [-0.3, -0.25) is 5.10 Å². The fourth-order valence-corrected chi connectivity index (χ4v) is 2.63. The molecule has 25 heavy (non-hydrogen) atoms. The summed E-state index contributed by atoms with van der Waals surface area (Å²) in [5.41, 5.74) is -3.01. The van der Waals surface area contributed by atoms with E-state index in [0.717, 1.165) is 0 Å². The van der Waals surface area contributed by atoms with E-state index in [1.807, 2.05) is 0 Å². The first-order valence-electron chi connectivity index (χ1n) is 7.00. The van der Waals surface area contributed by atoms with Crippen molar-refractivity contribution in [2.24, 2.45) is 0 Å². The highest BCUT2D eigenvalue weighted by Gasteiger charge is 2.37. The van der Waals surface area contributed by atoms with E-state index in [1.54, 1.807) is 0 Å². The summed E-state index contributed by atoms with van der Waals surface area (Å²) >= 11 is 2.97. The molecule has 2 rings (SSSR count). The second-order valence-electron chi connectivity index (χ2n) is 5.25. The van der Waals surface area contributed by atoms with Gasteiger partial charge in [0.15, 0.2) is 0 Å². The van der Waals surface area contributed by atoms with Crippen LogP contribution >= 0.6 is 15.9 Å². The number of alkyl halides is 6. The smallest absolute Gasteiger partial charge is 0.396 e. The van der Waals surface area contributed by atoms with Crippen LogP contribution in [0.5, 0.6) is 0 Å². The largest absolute Gasteiger partial charge is 0.416 e. The van der Waals surface area contributed by atoms with E-state index in [1.165, 1.54) is 0 Å². The third-order valence-corrected chi connectivity index (χ3v) is 3.82. The lowest BCUT2D eigenvalue weighted by molar-refractivity contribution is -0.143. The van der Waals surface area contributed by atoms with Gasteiger partial charge < -0.3 is 5.11 Å². The highest BCUT2D eigenvalue weighted by Crippen LogP contribution is 2.39. The van der Waals surface area contributed by atoms with Crippen LogP contribution in [0.15, 0.2) is 22.9 Å². The van der Waals surface area contributed by atoms with Crippen molar-refractivity contribution in [1.82, 2.24) is 15.2 Å². The Morgan fingerprint density at radius 2 is 1.60 bits per heavy atom. The Morgan fingerprint density at radius 1 is 1.04 bits per heavy atom. The van der Waals surface area contributed by atoms with Gasteiger partial charge in [-0.25, -0.2) is 4.98 Å². The first-order chi connectivity index (χ1) is 11.5. The number of aromatic nitrogens is 3. The molecule has 11 heteroatoms. The fraction of sp³-hybridized carbons (Fsp3) is 0.429. The Morgan fingerprint density at radius 3 is 2.00 bits per heavy atom. The Balaban J connectivity index is 2.59. The molecule has 1 aromatic carbocycles. The minimum Gasteiger partial charge on any atom is -0.396 e. The molecule has 0 aliphatic carbocycles. The fourth-order valence-electron chi connectivity index (χ4n) is 2.35. The predicted octanol–water partition coefficient (Wildman–Crippen LogP) is 4.51. The van der Waals surface area contributed by atoms with Crippen molar-refractivity contribution in [3.63, 3.8) is 0 Å². The average Bonchev–Trinajstić information content (AvgIpc) is 2.92. The molecule has 138 valence electrons. The molecule has 0 amide bonds. The Labute approximate surface area is 146 Å². The molecule has 4 nitrogen and oxygen atoms in total. The maximum absolute atomic E-state index is 13.0. The van der Waals surface area contributed by atoms with Crippen LogP contribution in [0.25, 0.3) is 0 Å². The number of aromatic amines is 1. The van der Waals surface area contributed by atoms with E-state index in [0.29, 0.717) is 12.1 Å². The van der Waals surface area contributed by atoms with E-state index >= 15 is 0 Å². The van der Waals surface area contributed by atoms with Gasteiger partial charge in [0, 0.05) is 12.5 Å². The zero-order valence-electron chi connectivity index (χ0n) is 12.4. The van der Waals surface area contributed by atoms with E-state index in [4.69, 9.17) is 5.11 Å². The molecule has 0 radical (unpaired) electrons. The summed E-state index contributed by atoms with van der Waals surface area (Å²) in [6.07, 6.45) is -9.60. The van der Waals surface area contributed by atoms with Crippen molar-refractivity contribution in [1.29, 1.82) is 0 Å². The van der Waals surface area contributed by atoms with Crippen LogP contribution in [0.2, 0.25) is 0 Å². The van der Waals surface area contributed by atoms with Crippen LogP contribution in [0.1, 0.15) is 41.3 Å². The summed E-state index contributed by atoms with van der Waals surface area (Å²) in [7, 11) is 0. The molecule has 0 saturated heterocycles. The number of H-pyrrole nitrogens is 1. The monoisotopic (exact) mass is 431 g/mol. The Bertz CT molecular complexity index is 696. The summed E-state index contributed by atoms with van der Waals surface area (Å²) in [6, 6.07) is 1.39. The number of nitrogens with one attached hydrogen (secondary N) is 1. The zero-order chi connectivity index (χ0) is 18.8. The normalized spacial score (nSPS) is 13.9. The summed E-state index contributed by atoms with van der Waals surface area (Å²) in [5, 5.41) is 15.1. The minimum absolute atomic E-state index is 0.0723. The molecule has 0 aliphatic rings. The molecule has 1 atom stereocenters. The molecule has 0 aliphatic heterocycles. The number of hydrogen-bond acceptors (Lipinski definition) is 3. The van der Waals surface area contributed by atoms with Gasteiger partial charge in [-0.15, -0.1) is 5.10 Å². The molecule has 0 spiro atoms. The Kier molecular flexibility index (Phi) is 5.77. The van der Waals surface area contributed by atoms with Gasteiger partial charge in [0.2, 0.25) is 4.73 Å². The van der Waals surface area contributed by atoms with Gasteiger partial charge in [0.1, 0.15) is 5.82 Å². The SMILES string of the molecule is OCCCC(c1cc(C(F)(F)F)cc(C(F)(F)F)c1)c1nc(Br)n[nH]1. The van der Waals surface area contributed by atoms with Crippen LogP contribution in [0, 0.1) is 0 Å². The molecule has 0 fully saturated rings. The van der Waals surface area contributed by atoms with E-state index in [9.17, 15) is 26.3 Å². The van der Waals surface area contributed by atoms with Crippen LogP contribution in [0.3, 0.4) is 0 Å². The van der Waals surface area contributed by atoms with Crippen molar-refractivity contribution in [3.05, 3.63) is 45.4 Å². The molecule has 2 aromatic rings. The zero-order valence-corrected chi connectivity index (χ0v) is 14.0. The van der Waals surface area contributed by atoms with Gasteiger partial charge in [0.25, 0.3) is 0 Å². The molecule has 1 aromatic heterocycles. The van der Waals surface area contributed by atoms with E-state index < -0.39 is 29.4 Å². The van der Waals surface area contributed by atoms with E-state index in [-0.39, 0.29) is 41.6 Å². The third kappa shape index (κ3) is 4.94. The number of rotatable bonds is 5. The van der Waals surface area contributed by atoms with Crippen molar-refractivity contribution in [2.45, 2.75) is 31.1 Å². The third-order valence-electron chi connectivity index (χ3n) is 3.47. The maximum atomic E-state index is 13.0. The van der Waals surface area contributed by atoms with Gasteiger partial charge in [0.05, 0.1) is 11.1 Å². The van der Waals surface area contributed by atoms with Crippen LogP contribution in [-0.2, 0) is 12.4 Å². The maximum Gasteiger partial charge on any atom is 0.416 e. The predicted molar refractivity (Wildman–Crippen MR) is 78.7 cm³/mol. The molecule has 2 N–H and O–H groups in total. The Hall–Kier alpha value is -1.62. The standard InChI is InChI=1S/C14H12BrF6N3O/c15-12-22-11(23-24-12)10(2-1-3-25)7-4-8(13(16,17)18)6-9(5-7)14(19,20)21/h4-6,10,25H,1-3H2,(H,22,23,24). The van der Waals surface area contributed by atoms with Crippen LogP contribution in [0.4, 0.5) is 26.3 Å². The number of nitrogens with zero attached hydrogens (tertiary/aromatic N) is 2. The highest BCUT2D eigenvalue weighted by molar-refractivity contribution is 9.10. The summed E-state index contributed by atoms with van der Waals surface area (Å²) in [4.78, 5) is 3.93. The average molecular weight is 432 g/mol. The number of benzene rings is 1. The molecule has 1 unspecified atom stereocenters.